The lowest BCUT2D eigenvalue weighted by atomic mass is 9.90. The van der Waals surface area contributed by atoms with Gasteiger partial charge >= 0.3 is 5.97 Å². The molecule has 0 saturated carbocycles. The van der Waals surface area contributed by atoms with Crippen molar-refractivity contribution < 1.29 is 35.5 Å². The fraction of sp³-hybridized carbons (Fsp3) is 0.591. The molecular weight excluding hydrogens is 434 g/mol. The third kappa shape index (κ3) is 4.72. The number of piperidine rings is 1. The smallest absolute Gasteiger partial charge is 0.358 e. The van der Waals surface area contributed by atoms with Gasteiger partial charge < -0.3 is 30.7 Å². The lowest BCUT2D eigenvalue weighted by molar-refractivity contribution is -0.896. The van der Waals surface area contributed by atoms with Crippen molar-refractivity contribution in [1.82, 2.24) is 5.16 Å². The first-order chi connectivity index (χ1) is 13.4. The minimum Gasteiger partial charge on any atom is -1.00 e. The summed E-state index contributed by atoms with van der Waals surface area (Å²) < 4.78 is 12.1. The van der Waals surface area contributed by atoms with Gasteiger partial charge in [-0.15, -0.1) is 0 Å². The number of benzene rings is 1. The Labute approximate surface area is 182 Å². The molecule has 1 saturated heterocycles. The predicted octanol–water partition coefficient (Wildman–Crippen LogP) is 0.641. The van der Waals surface area contributed by atoms with Gasteiger partial charge in [-0.05, 0) is 42.9 Å². The number of nitrogens with one attached hydrogen (secondary N) is 1. The van der Waals surface area contributed by atoms with E-state index >= 15 is 0 Å². The van der Waals surface area contributed by atoms with Crippen LogP contribution in [0.25, 0.3) is 11.0 Å². The molecule has 0 amide bonds. The van der Waals surface area contributed by atoms with E-state index < -0.39 is 5.97 Å². The molecule has 2 aliphatic rings. The van der Waals surface area contributed by atoms with Gasteiger partial charge in [0.2, 0.25) is 0 Å². The summed E-state index contributed by atoms with van der Waals surface area (Å²) in [5.74, 6) is -0.587. The van der Waals surface area contributed by atoms with E-state index in [1.165, 1.54) is 30.4 Å². The molecule has 158 valence electrons. The Hall–Kier alpha value is -1.73. The normalized spacial score (nSPS) is 19.5. The quantitative estimate of drug-likeness (QED) is 0.411. The van der Waals surface area contributed by atoms with Crippen molar-refractivity contribution >= 4 is 22.7 Å². The number of ether oxygens (including phenoxy) is 1. The molecule has 6 nitrogen and oxygen atoms in total. The third-order valence-electron chi connectivity index (χ3n) is 6.29. The van der Waals surface area contributed by atoms with Crippen LogP contribution in [0.4, 0.5) is 0 Å². The number of hydrogen-bond donors (Lipinski definition) is 1. The largest absolute Gasteiger partial charge is 1.00 e. The molecule has 29 heavy (non-hydrogen) atoms. The fourth-order valence-electron chi connectivity index (χ4n) is 4.47. The van der Waals surface area contributed by atoms with E-state index in [1.54, 1.807) is 0 Å². The average molecular weight is 464 g/mol. The van der Waals surface area contributed by atoms with Crippen LogP contribution in [0.1, 0.15) is 55.3 Å². The number of carbonyl (C=O) groups excluding carboxylic acids is 1. The molecule has 1 fully saturated rings. The van der Waals surface area contributed by atoms with Crippen LogP contribution in [0, 0.1) is 5.41 Å². The number of aryl methyl sites for hydroxylation is 2. The second-order valence-electron chi connectivity index (χ2n) is 8.88. The van der Waals surface area contributed by atoms with Crippen LogP contribution >= 0.6 is 0 Å². The molecule has 0 spiro atoms. The van der Waals surface area contributed by atoms with Gasteiger partial charge in [0.25, 0.3) is 0 Å². The molecule has 0 bridgehead atoms. The minimum atomic E-state index is -0.587. The van der Waals surface area contributed by atoms with Crippen LogP contribution < -0.4 is 17.0 Å². The summed E-state index contributed by atoms with van der Waals surface area (Å²) in [4.78, 5) is 12.7. The number of esters is 1. The van der Waals surface area contributed by atoms with Gasteiger partial charge in [-0.2, -0.15) is 0 Å². The molecular formula is C22H30BrN3O3. The number of rotatable bonds is 3. The topological polar surface area (TPSA) is 76.2 Å². The van der Waals surface area contributed by atoms with Crippen molar-refractivity contribution in [3.8, 4) is 0 Å². The number of nitrogens with zero attached hydrogens (tertiary/aromatic N) is 2. The Morgan fingerprint density at radius 3 is 2.55 bits per heavy atom. The van der Waals surface area contributed by atoms with Crippen molar-refractivity contribution in [2.45, 2.75) is 57.5 Å². The van der Waals surface area contributed by atoms with Crippen LogP contribution in [0.5, 0.6) is 0 Å². The Kier molecular flexibility index (Phi) is 6.79. The Bertz CT molecular complexity index is 896. The summed E-state index contributed by atoms with van der Waals surface area (Å²) in [7, 11) is 4.38. The maximum Gasteiger partial charge on any atom is 0.358 e. The molecule has 0 unspecified atom stereocenters. The second kappa shape index (κ2) is 8.96. The van der Waals surface area contributed by atoms with Gasteiger partial charge in [0, 0.05) is 12.8 Å². The number of hydrogen-bond acceptors (Lipinski definition) is 5. The molecule has 0 atom stereocenters. The van der Waals surface area contributed by atoms with E-state index in [1.807, 2.05) is 6.07 Å². The second-order valence-corrected chi connectivity index (χ2v) is 8.88. The Morgan fingerprint density at radius 2 is 1.83 bits per heavy atom. The van der Waals surface area contributed by atoms with Gasteiger partial charge in [-0.25, -0.2) is 4.79 Å². The molecule has 2 aromatic rings. The predicted molar refractivity (Wildman–Crippen MR) is 108 cm³/mol. The highest BCUT2D eigenvalue weighted by atomic mass is 79.9. The summed E-state index contributed by atoms with van der Waals surface area (Å²) in [6.45, 7) is 1.96. The number of fused-ring (bicyclic) bond motifs is 3. The number of halogens is 1. The minimum absolute atomic E-state index is 0. The molecule has 4 rings (SSSR count). The lowest BCUT2D eigenvalue weighted by Crippen LogP contribution is -3.00. The summed E-state index contributed by atoms with van der Waals surface area (Å²) in [6, 6.07) is 4.04. The first kappa shape index (κ1) is 22.0. The van der Waals surface area contributed by atoms with Crippen LogP contribution in [-0.4, -0.2) is 54.6 Å². The first-order valence-corrected chi connectivity index (χ1v) is 10.5. The van der Waals surface area contributed by atoms with Crippen LogP contribution in [0.15, 0.2) is 16.7 Å². The average Bonchev–Trinajstić information content (AvgIpc) is 3.07. The van der Waals surface area contributed by atoms with E-state index in [9.17, 15) is 4.79 Å². The van der Waals surface area contributed by atoms with Crippen LogP contribution in [0.3, 0.4) is 0 Å². The van der Waals surface area contributed by atoms with Gasteiger partial charge in [0.15, 0.2) is 11.3 Å². The first-order valence-electron chi connectivity index (χ1n) is 10.5. The monoisotopic (exact) mass is 463 g/mol. The Balaban J connectivity index is 0.00000240. The highest BCUT2D eigenvalue weighted by Crippen LogP contribution is 2.31. The summed E-state index contributed by atoms with van der Waals surface area (Å²) in [6.07, 6.45) is 8.29. The maximum absolute atomic E-state index is 12.7. The number of aromatic nitrogens is 1. The molecule has 1 N–H and O–H groups in total. The summed E-state index contributed by atoms with van der Waals surface area (Å²) >= 11 is 0. The van der Waals surface area contributed by atoms with Gasteiger partial charge in [-0.3, -0.25) is 5.41 Å². The lowest BCUT2D eigenvalue weighted by Gasteiger charge is -2.36. The zero-order valence-corrected chi connectivity index (χ0v) is 18.9. The number of quaternary nitrogens is 1. The standard InChI is InChI=1S/C22H30N3O3.BrH/c1-25(2)13-11-16(12-14-25)27-22(26)20(23)21-19-17-8-6-4-3-5-7-15(17)9-10-18(19)28-24-21;/h9-10,16,23H,3-8,11-14H2,1-2H3;1H/q+1;/p-1. The molecule has 1 aromatic carbocycles. The maximum atomic E-state index is 12.7. The van der Waals surface area contributed by atoms with Crippen molar-refractivity contribution in [2.75, 3.05) is 27.2 Å². The summed E-state index contributed by atoms with van der Waals surface area (Å²) in [5.41, 5.74) is 3.30. The van der Waals surface area contributed by atoms with Crippen LogP contribution in [-0.2, 0) is 22.4 Å². The highest BCUT2D eigenvalue weighted by molar-refractivity contribution is 6.43. The summed E-state index contributed by atoms with van der Waals surface area (Å²) in [5, 5.41) is 13.4. The number of carbonyl (C=O) groups is 1. The van der Waals surface area contributed by atoms with Crippen molar-refractivity contribution in [3.05, 3.63) is 29.0 Å². The molecule has 2 heterocycles. The molecule has 7 heteroatoms. The highest BCUT2D eigenvalue weighted by Gasteiger charge is 2.31. The van der Waals surface area contributed by atoms with E-state index in [4.69, 9.17) is 14.7 Å². The molecule has 1 aromatic heterocycles. The van der Waals surface area contributed by atoms with Crippen molar-refractivity contribution in [3.63, 3.8) is 0 Å². The Morgan fingerprint density at radius 1 is 1.14 bits per heavy atom. The zero-order chi connectivity index (χ0) is 19.7. The SMILES string of the molecule is C[N+]1(C)CCC(OC(=O)C(=N)c2noc3ccc4c(c23)CCCCCC4)CC1.[Br-]. The van der Waals surface area contributed by atoms with Crippen molar-refractivity contribution in [2.24, 2.45) is 0 Å². The van der Waals surface area contributed by atoms with Gasteiger partial charge in [-0.1, -0.05) is 24.1 Å². The van der Waals surface area contributed by atoms with E-state index in [-0.39, 0.29) is 28.8 Å². The van der Waals surface area contributed by atoms with Gasteiger partial charge in [0.1, 0.15) is 11.8 Å². The molecule has 1 aliphatic heterocycles. The van der Waals surface area contributed by atoms with Crippen LogP contribution in [0.2, 0.25) is 0 Å². The van der Waals surface area contributed by atoms with E-state index in [0.29, 0.717) is 11.3 Å². The third-order valence-corrected chi connectivity index (χ3v) is 6.29. The number of likely N-dealkylation sites (tertiary alicyclic amines) is 1. The zero-order valence-electron chi connectivity index (χ0n) is 17.3. The van der Waals surface area contributed by atoms with Crippen molar-refractivity contribution in [1.29, 1.82) is 5.41 Å². The molecule has 1 aliphatic carbocycles. The van der Waals surface area contributed by atoms with Gasteiger partial charge in [0.05, 0.1) is 32.6 Å². The van der Waals surface area contributed by atoms with E-state index in [0.717, 1.165) is 55.1 Å². The molecule has 0 radical (unpaired) electrons. The van der Waals surface area contributed by atoms with E-state index in [2.05, 4.69) is 25.3 Å². The fourth-order valence-corrected chi connectivity index (χ4v) is 4.47.